The molecule has 1 aromatic carbocycles. The fourth-order valence-corrected chi connectivity index (χ4v) is 1.65. The van der Waals surface area contributed by atoms with Crippen molar-refractivity contribution >= 4 is 17.5 Å². The van der Waals surface area contributed by atoms with Gasteiger partial charge in [0.1, 0.15) is 11.3 Å². The van der Waals surface area contributed by atoms with Crippen molar-refractivity contribution < 1.29 is 9.53 Å². The van der Waals surface area contributed by atoms with Crippen LogP contribution in [0.4, 0.5) is 0 Å². The minimum absolute atomic E-state index is 0.0897. The maximum atomic E-state index is 11.8. The third kappa shape index (κ3) is 2.62. The molecular formula is C12H12ClN3O2. The van der Waals surface area contributed by atoms with E-state index < -0.39 is 0 Å². The van der Waals surface area contributed by atoms with Crippen molar-refractivity contribution in [2.45, 2.75) is 6.92 Å². The van der Waals surface area contributed by atoms with E-state index in [1.807, 2.05) is 25.1 Å². The smallest absolute Gasteiger partial charge is 0.260 e. The van der Waals surface area contributed by atoms with Gasteiger partial charge in [0, 0.05) is 6.54 Å². The van der Waals surface area contributed by atoms with Gasteiger partial charge < -0.3 is 10.1 Å². The van der Waals surface area contributed by atoms with E-state index in [1.54, 1.807) is 12.1 Å². The zero-order valence-electron chi connectivity index (χ0n) is 9.74. The Morgan fingerprint density at radius 3 is 2.83 bits per heavy atom. The molecule has 0 saturated carbocycles. The van der Waals surface area contributed by atoms with Gasteiger partial charge in [0.15, 0.2) is 5.15 Å². The second kappa shape index (κ2) is 5.55. The van der Waals surface area contributed by atoms with E-state index in [0.717, 1.165) is 0 Å². The molecule has 2 N–H and O–H groups in total. The number of carbonyl (C=O) groups excluding carboxylic acids is 1. The molecule has 2 rings (SSSR count). The normalized spacial score (nSPS) is 10.1. The lowest BCUT2D eigenvalue weighted by Crippen LogP contribution is -2.23. The molecule has 18 heavy (non-hydrogen) atoms. The summed E-state index contributed by atoms with van der Waals surface area (Å²) in [5.74, 6) is 0.516. The molecule has 0 unspecified atom stereocenters. The van der Waals surface area contributed by atoms with Gasteiger partial charge in [-0.2, -0.15) is 5.10 Å². The molecule has 94 valence electrons. The Hall–Kier alpha value is -2.01. The Morgan fingerprint density at radius 2 is 2.17 bits per heavy atom. The summed E-state index contributed by atoms with van der Waals surface area (Å²) in [5.41, 5.74) is 0.211. The number of nitrogens with zero attached hydrogens (tertiary/aromatic N) is 1. The molecule has 0 radical (unpaired) electrons. The molecule has 0 aliphatic rings. The molecule has 0 bridgehead atoms. The molecule has 0 atom stereocenters. The second-order valence-electron chi connectivity index (χ2n) is 3.49. The number of rotatable bonds is 4. The monoisotopic (exact) mass is 265 g/mol. The highest BCUT2D eigenvalue weighted by molar-refractivity contribution is 6.33. The topological polar surface area (TPSA) is 67.0 Å². The quantitative estimate of drug-likeness (QED) is 0.893. The third-order valence-corrected chi connectivity index (χ3v) is 2.49. The van der Waals surface area contributed by atoms with Crippen LogP contribution in [0.2, 0.25) is 5.15 Å². The van der Waals surface area contributed by atoms with E-state index in [1.165, 1.54) is 0 Å². The average molecular weight is 266 g/mol. The summed E-state index contributed by atoms with van der Waals surface area (Å²) >= 11 is 5.86. The number of halogens is 1. The first kappa shape index (κ1) is 12.4. The first-order chi connectivity index (χ1) is 8.72. The number of hydrogen-bond acceptors (Lipinski definition) is 3. The molecule has 6 heteroatoms. The molecule has 0 aliphatic carbocycles. The van der Waals surface area contributed by atoms with Gasteiger partial charge in [0.25, 0.3) is 5.91 Å². The predicted molar refractivity (Wildman–Crippen MR) is 68.1 cm³/mol. The zero-order valence-corrected chi connectivity index (χ0v) is 10.5. The van der Waals surface area contributed by atoms with E-state index >= 15 is 0 Å². The molecule has 5 nitrogen and oxygen atoms in total. The van der Waals surface area contributed by atoms with Crippen LogP contribution in [0.1, 0.15) is 17.3 Å². The van der Waals surface area contributed by atoms with E-state index in [0.29, 0.717) is 12.3 Å². The van der Waals surface area contributed by atoms with Gasteiger partial charge in [-0.05, 0) is 19.1 Å². The molecule has 1 aromatic heterocycles. The van der Waals surface area contributed by atoms with Crippen LogP contribution in [-0.4, -0.2) is 22.6 Å². The summed E-state index contributed by atoms with van der Waals surface area (Å²) in [6.07, 6.45) is 0. The SMILES string of the molecule is CCNC(=O)c1c(Cl)n[nH]c1Oc1ccccc1. The van der Waals surface area contributed by atoms with E-state index in [9.17, 15) is 4.79 Å². The van der Waals surface area contributed by atoms with Gasteiger partial charge in [-0.3, -0.25) is 4.79 Å². The highest BCUT2D eigenvalue weighted by Crippen LogP contribution is 2.27. The minimum atomic E-state index is -0.317. The summed E-state index contributed by atoms with van der Waals surface area (Å²) in [6, 6.07) is 9.09. The summed E-state index contributed by atoms with van der Waals surface area (Å²) in [5, 5.41) is 9.11. The highest BCUT2D eigenvalue weighted by atomic mass is 35.5. The number of amides is 1. The number of carbonyl (C=O) groups is 1. The fraction of sp³-hybridized carbons (Fsp3) is 0.167. The van der Waals surface area contributed by atoms with Crippen LogP contribution in [0.5, 0.6) is 11.6 Å². The van der Waals surface area contributed by atoms with E-state index in [-0.39, 0.29) is 22.5 Å². The van der Waals surface area contributed by atoms with Crippen LogP contribution < -0.4 is 10.1 Å². The van der Waals surface area contributed by atoms with Gasteiger partial charge in [-0.1, -0.05) is 29.8 Å². The van der Waals surface area contributed by atoms with E-state index in [2.05, 4.69) is 15.5 Å². The molecule has 0 aliphatic heterocycles. The third-order valence-electron chi connectivity index (χ3n) is 2.22. The lowest BCUT2D eigenvalue weighted by Gasteiger charge is -2.05. The van der Waals surface area contributed by atoms with Crippen molar-refractivity contribution in [1.82, 2.24) is 15.5 Å². The Kier molecular flexibility index (Phi) is 3.84. The number of para-hydroxylation sites is 1. The van der Waals surface area contributed by atoms with Crippen LogP contribution in [0, 0.1) is 0 Å². The van der Waals surface area contributed by atoms with Crippen LogP contribution in [-0.2, 0) is 0 Å². The first-order valence-corrected chi connectivity index (χ1v) is 5.85. The predicted octanol–water partition coefficient (Wildman–Crippen LogP) is 2.61. The molecule has 0 spiro atoms. The Morgan fingerprint density at radius 1 is 1.44 bits per heavy atom. The number of aromatic amines is 1. The van der Waals surface area contributed by atoms with Crippen molar-refractivity contribution in [2.75, 3.05) is 6.54 Å². The summed E-state index contributed by atoms with van der Waals surface area (Å²) in [6.45, 7) is 2.33. The minimum Gasteiger partial charge on any atom is -0.439 e. The van der Waals surface area contributed by atoms with Gasteiger partial charge in [0.05, 0.1) is 0 Å². The maximum absolute atomic E-state index is 11.8. The maximum Gasteiger partial charge on any atom is 0.260 e. The van der Waals surface area contributed by atoms with Gasteiger partial charge in [-0.25, -0.2) is 5.10 Å². The highest BCUT2D eigenvalue weighted by Gasteiger charge is 2.20. The summed E-state index contributed by atoms with van der Waals surface area (Å²) < 4.78 is 5.53. The zero-order chi connectivity index (χ0) is 13.0. The number of hydrogen-bond donors (Lipinski definition) is 2. The molecule has 1 amide bonds. The summed E-state index contributed by atoms with van der Waals surface area (Å²) in [4.78, 5) is 11.8. The van der Waals surface area contributed by atoms with Gasteiger partial charge in [-0.15, -0.1) is 0 Å². The molecule has 1 heterocycles. The molecule has 2 aromatic rings. The van der Waals surface area contributed by atoms with Crippen LogP contribution in [0.3, 0.4) is 0 Å². The first-order valence-electron chi connectivity index (χ1n) is 5.47. The van der Waals surface area contributed by atoms with Crippen molar-refractivity contribution in [3.8, 4) is 11.6 Å². The van der Waals surface area contributed by atoms with Crippen molar-refractivity contribution in [3.63, 3.8) is 0 Å². The van der Waals surface area contributed by atoms with Crippen molar-refractivity contribution in [1.29, 1.82) is 0 Å². The number of benzene rings is 1. The van der Waals surface area contributed by atoms with Crippen molar-refractivity contribution in [2.24, 2.45) is 0 Å². The van der Waals surface area contributed by atoms with Crippen molar-refractivity contribution in [3.05, 3.63) is 41.0 Å². The van der Waals surface area contributed by atoms with Gasteiger partial charge >= 0.3 is 0 Å². The van der Waals surface area contributed by atoms with Crippen LogP contribution >= 0.6 is 11.6 Å². The van der Waals surface area contributed by atoms with E-state index in [4.69, 9.17) is 16.3 Å². The van der Waals surface area contributed by atoms with Crippen LogP contribution in [0.15, 0.2) is 30.3 Å². The number of nitrogens with one attached hydrogen (secondary N) is 2. The lowest BCUT2D eigenvalue weighted by molar-refractivity contribution is 0.0954. The second-order valence-corrected chi connectivity index (χ2v) is 3.85. The van der Waals surface area contributed by atoms with Crippen LogP contribution in [0.25, 0.3) is 0 Å². The fourth-order valence-electron chi connectivity index (χ4n) is 1.43. The lowest BCUT2D eigenvalue weighted by atomic mass is 10.3. The Bertz CT molecular complexity index is 540. The molecule has 0 saturated heterocycles. The summed E-state index contributed by atoms with van der Waals surface area (Å²) in [7, 11) is 0. The number of aromatic nitrogens is 2. The largest absolute Gasteiger partial charge is 0.439 e. The molecular weight excluding hydrogens is 254 g/mol. The standard InChI is InChI=1S/C12H12ClN3O2/c1-2-14-11(17)9-10(13)15-16-12(9)18-8-6-4-3-5-7-8/h3-7H,2H2,1H3,(H,14,17)(H,15,16). The Labute approximate surface area is 109 Å². The molecule has 0 fully saturated rings. The number of H-pyrrole nitrogens is 1. The van der Waals surface area contributed by atoms with Gasteiger partial charge in [0.2, 0.25) is 5.88 Å². The number of ether oxygens (including phenoxy) is 1. The Balaban J connectivity index is 2.26. The average Bonchev–Trinajstić information content (AvgIpc) is 2.72.